The van der Waals surface area contributed by atoms with Gasteiger partial charge in [-0.1, -0.05) is 47.7 Å². The van der Waals surface area contributed by atoms with E-state index in [1.807, 2.05) is 67.6 Å². The highest BCUT2D eigenvalue weighted by molar-refractivity contribution is 7.22. The van der Waals surface area contributed by atoms with E-state index in [2.05, 4.69) is 22.4 Å². The van der Waals surface area contributed by atoms with E-state index in [-0.39, 0.29) is 12.3 Å². The predicted octanol–water partition coefficient (Wildman–Crippen LogP) is 6.17. The molecular weight excluding hydrogens is 476 g/mol. The van der Waals surface area contributed by atoms with Gasteiger partial charge in [0.05, 0.1) is 28.9 Å². The maximum Gasteiger partial charge on any atom is 0.230 e. The van der Waals surface area contributed by atoms with Crippen LogP contribution < -0.4 is 15.8 Å². The molecule has 0 saturated carbocycles. The highest BCUT2D eigenvalue weighted by atomic mass is 32.1. The minimum absolute atomic E-state index is 0.111. The minimum atomic E-state index is -0.111. The molecule has 35 heavy (non-hydrogen) atoms. The number of rotatable bonds is 8. The van der Waals surface area contributed by atoms with Crippen LogP contribution >= 0.6 is 22.7 Å². The van der Waals surface area contributed by atoms with Gasteiger partial charge in [-0.25, -0.2) is 9.97 Å². The Bertz CT molecular complexity index is 1460. The number of carbonyl (C=O) groups is 1. The average Bonchev–Trinajstić information content (AvgIpc) is 3.42. The van der Waals surface area contributed by atoms with Crippen molar-refractivity contribution in [1.29, 1.82) is 0 Å². The molecule has 176 valence electrons. The van der Waals surface area contributed by atoms with Crippen molar-refractivity contribution in [3.05, 3.63) is 88.8 Å². The van der Waals surface area contributed by atoms with Gasteiger partial charge in [-0.3, -0.25) is 4.79 Å². The summed E-state index contributed by atoms with van der Waals surface area (Å²) in [5.74, 6) is 0.712. The molecule has 0 fully saturated rings. The zero-order valence-electron chi connectivity index (χ0n) is 19.2. The molecule has 6 nitrogen and oxygen atoms in total. The second-order valence-electron chi connectivity index (χ2n) is 7.99. The van der Waals surface area contributed by atoms with E-state index in [1.165, 1.54) is 28.2 Å². The van der Waals surface area contributed by atoms with E-state index in [0.29, 0.717) is 16.9 Å². The van der Waals surface area contributed by atoms with Gasteiger partial charge < -0.3 is 15.8 Å². The van der Waals surface area contributed by atoms with Crippen molar-refractivity contribution in [3.63, 3.8) is 0 Å². The molecule has 8 heteroatoms. The summed E-state index contributed by atoms with van der Waals surface area (Å²) in [7, 11) is 0. The molecule has 2 heterocycles. The van der Waals surface area contributed by atoms with Crippen LogP contribution in [0.5, 0.6) is 5.75 Å². The summed E-state index contributed by atoms with van der Waals surface area (Å²) in [6.07, 6.45) is 0.986. The minimum Gasteiger partial charge on any atom is -0.494 e. The Balaban J connectivity index is 1.38. The van der Waals surface area contributed by atoms with Gasteiger partial charge in [0, 0.05) is 16.9 Å². The van der Waals surface area contributed by atoms with Crippen LogP contribution in [-0.4, -0.2) is 22.5 Å². The van der Waals surface area contributed by atoms with E-state index >= 15 is 0 Å². The van der Waals surface area contributed by atoms with Crippen LogP contribution in [0.3, 0.4) is 0 Å². The number of benzene rings is 3. The van der Waals surface area contributed by atoms with Crippen molar-refractivity contribution in [2.75, 3.05) is 17.7 Å². The number of thiazole rings is 2. The fraction of sp³-hybridized carbons (Fsp3) is 0.148. The van der Waals surface area contributed by atoms with Crippen molar-refractivity contribution in [2.24, 2.45) is 0 Å². The van der Waals surface area contributed by atoms with E-state index in [1.54, 1.807) is 0 Å². The predicted molar refractivity (Wildman–Crippen MR) is 144 cm³/mol. The number of nitrogens with zero attached hydrogens (tertiary/aromatic N) is 2. The molecule has 3 aromatic carbocycles. The highest BCUT2D eigenvalue weighted by Crippen LogP contribution is 2.34. The molecule has 0 spiro atoms. The zero-order chi connectivity index (χ0) is 24.2. The SMILES string of the molecule is CCOc1ccc(-c2nc(NC(=O)Cc3ccc4nc(N)sc4c3)sc2Cc2ccccc2)cc1. The van der Waals surface area contributed by atoms with E-state index in [4.69, 9.17) is 15.5 Å². The molecule has 2 aromatic heterocycles. The van der Waals surface area contributed by atoms with Crippen molar-refractivity contribution in [2.45, 2.75) is 19.8 Å². The Hall–Kier alpha value is -3.75. The maximum absolute atomic E-state index is 12.9. The number of ether oxygens (including phenoxy) is 1. The molecule has 0 aliphatic rings. The van der Waals surface area contributed by atoms with Gasteiger partial charge in [-0.15, -0.1) is 11.3 Å². The quantitative estimate of drug-likeness (QED) is 0.266. The fourth-order valence-corrected chi connectivity index (χ4v) is 5.69. The smallest absolute Gasteiger partial charge is 0.230 e. The number of nitrogens with two attached hydrogens (primary N) is 1. The van der Waals surface area contributed by atoms with Crippen molar-refractivity contribution in [1.82, 2.24) is 9.97 Å². The van der Waals surface area contributed by atoms with E-state index < -0.39 is 0 Å². The maximum atomic E-state index is 12.9. The largest absolute Gasteiger partial charge is 0.494 e. The van der Waals surface area contributed by atoms with Gasteiger partial charge >= 0.3 is 0 Å². The average molecular weight is 501 g/mol. The van der Waals surface area contributed by atoms with Crippen LogP contribution in [0.1, 0.15) is 22.9 Å². The number of amides is 1. The normalized spacial score (nSPS) is 11.0. The molecule has 0 aliphatic heterocycles. The summed E-state index contributed by atoms with van der Waals surface area (Å²) >= 11 is 2.93. The lowest BCUT2D eigenvalue weighted by Crippen LogP contribution is -2.14. The van der Waals surface area contributed by atoms with Gasteiger partial charge in [-0.2, -0.15) is 0 Å². The standard InChI is InChI=1S/C27H24N4O2S2/c1-2-33-20-11-9-19(10-12-20)25-23(14-17-6-4-3-5-7-17)35-27(31-25)30-24(32)16-18-8-13-21-22(15-18)34-26(28)29-21/h3-13,15H,2,14,16H2,1H3,(H2,28,29)(H,30,31,32). The summed E-state index contributed by atoms with van der Waals surface area (Å²) in [5.41, 5.74) is 10.6. The number of nitrogen functional groups attached to an aromatic ring is 1. The fourth-order valence-electron chi connectivity index (χ4n) is 3.85. The first-order valence-corrected chi connectivity index (χ1v) is 12.9. The molecular formula is C27H24N4O2S2. The second-order valence-corrected chi connectivity index (χ2v) is 10.1. The number of hydrogen-bond acceptors (Lipinski definition) is 7. The summed E-state index contributed by atoms with van der Waals surface area (Å²) in [6.45, 7) is 2.58. The third-order valence-electron chi connectivity index (χ3n) is 5.42. The Morgan fingerprint density at radius 3 is 2.54 bits per heavy atom. The van der Waals surface area contributed by atoms with Crippen molar-refractivity contribution in [3.8, 4) is 17.0 Å². The molecule has 0 bridgehead atoms. The summed E-state index contributed by atoms with van der Waals surface area (Å²) in [4.78, 5) is 23.0. The Labute approximate surface area is 211 Å². The van der Waals surface area contributed by atoms with Gasteiger partial charge in [0.25, 0.3) is 0 Å². The van der Waals surface area contributed by atoms with Crippen LogP contribution in [0, 0.1) is 0 Å². The molecule has 5 aromatic rings. The lowest BCUT2D eigenvalue weighted by molar-refractivity contribution is -0.115. The lowest BCUT2D eigenvalue weighted by Gasteiger charge is -2.05. The van der Waals surface area contributed by atoms with Crippen LogP contribution in [0.15, 0.2) is 72.8 Å². The van der Waals surface area contributed by atoms with E-state index in [0.717, 1.165) is 44.1 Å². The summed E-state index contributed by atoms with van der Waals surface area (Å²) in [6, 6.07) is 24.0. The van der Waals surface area contributed by atoms with Gasteiger partial charge in [0.2, 0.25) is 5.91 Å². The molecule has 0 unspecified atom stereocenters. The van der Waals surface area contributed by atoms with Gasteiger partial charge in [0.1, 0.15) is 5.75 Å². The van der Waals surface area contributed by atoms with E-state index in [9.17, 15) is 4.79 Å². The molecule has 1 amide bonds. The molecule has 0 saturated heterocycles. The Morgan fingerprint density at radius 1 is 0.971 bits per heavy atom. The van der Waals surface area contributed by atoms with Crippen LogP contribution in [0.4, 0.5) is 10.3 Å². The third-order valence-corrected chi connectivity index (χ3v) is 7.24. The Morgan fingerprint density at radius 2 is 1.77 bits per heavy atom. The first kappa shape index (κ1) is 23.0. The number of fused-ring (bicyclic) bond motifs is 1. The summed E-state index contributed by atoms with van der Waals surface area (Å²) in [5, 5.41) is 4.11. The molecule has 3 N–H and O–H groups in total. The zero-order valence-corrected chi connectivity index (χ0v) is 20.8. The third kappa shape index (κ3) is 5.50. The van der Waals surface area contributed by atoms with Crippen LogP contribution in [0.25, 0.3) is 21.5 Å². The second kappa shape index (κ2) is 10.2. The first-order valence-electron chi connectivity index (χ1n) is 11.3. The summed E-state index contributed by atoms with van der Waals surface area (Å²) < 4.78 is 6.56. The topological polar surface area (TPSA) is 90.1 Å². The van der Waals surface area contributed by atoms with Crippen LogP contribution in [-0.2, 0) is 17.6 Å². The monoisotopic (exact) mass is 500 g/mol. The molecule has 0 radical (unpaired) electrons. The van der Waals surface area contributed by atoms with Gasteiger partial charge in [0.15, 0.2) is 10.3 Å². The number of carbonyl (C=O) groups excluding carboxylic acids is 1. The van der Waals surface area contributed by atoms with Gasteiger partial charge in [-0.05, 0) is 54.4 Å². The number of hydrogen-bond donors (Lipinski definition) is 2. The Kier molecular flexibility index (Phi) is 6.74. The molecule has 0 aliphatic carbocycles. The molecule has 5 rings (SSSR count). The number of aromatic nitrogens is 2. The van der Waals surface area contributed by atoms with Crippen molar-refractivity contribution >= 4 is 49.1 Å². The van der Waals surface area contributed by atoms with Crippen molar-refractivity contribution < 1.29 is 9.53 Å². The highest BCUT2D eigenvalue weighted by Gasteiger charge is 2.16. The number of nitrogens with one attached hydrogen (secondary N) is 1. The first-order chi connectivity index (χ1) is 17.1. The molecule has 0 atom stereocenters. The van der Waals surface area contributed by atoms with Crippen LogP contribution in [0.2, 0.25) is 0 Å². The number of anilines is 2. The lowest BCUT2D eigenvalue weighted by atomic mass is 10.1.